The molecule has 3 rings (SSSR count). The number of sulfonamides is 1. The van der Waals surface area contributed by atoms with Crippen LogP contribution in [0.4, 0.5) is 5.69 Å². The molecule has 0 saturated heterocycles. The number of hydrogen-bond donors (Lipinski definition) is 1. The average molecular weight is 570 g/mol. The quantitative estimate of drug-likeness (QED) is 0.335. The van der Waals surface area contributed by atoms with E-state index in [0.29, 0.717) is 23.7 Å². The lowest BCUT2D eigenvalue weighted by Crippen LogP contribution is -2.52. The van der Waals surface area contributed by atoms with Gasteiger partial charge in [0.15, 0.2) is 0 Å². The van der Waals surface area contributed by atoms with E-state index in [1.807, 2.05) is 65.0 Å². The fourth-order valence-corrected chi connectivity index (χ4v) is 5.78. The van der Waals surface area contributed by atoms with Crippen LogP contribution < -0.4 is 9.62 Å². The molecule has 0 aliphatic heterocycles. The van der Waals surface area contributed by atoms with Crippen molar-refractivity contribution in [3.05, 3.63) is 94.0 Å². The minimum Gasteiger partial charge on any atom is -0.355 e. The monoisotopic (exact) mass is 569 g/mol. The first-order chi connectivity index (χ1) is 18.5. The van der Waals surface area contributed by atoms with Crippen LogP contribution in [0.3, 0.4) is 0 Å². The van der Waals surface area contributed by atoms with Crippen LogP contribution in [-0.2, 0) is 26.2 Å². The molecule has 1 unspecified atom stereocenters. The van der Waals surface area contributed by atoms with Gasteiger partial charge in [0.25, 0.3) is 10.0 Å². The lowest BCUT2D eigenvalue weighted by atomic mass is 10.1. The molecule has 0 bridgehead atoms. The number of aryl methyl sites for hydroxylation is 3. The minimum absolute atomic E-state index is 0.0128. The highest BCUT2D eigenvalue weighted by atomic mass is 35.5. The Morgan fingerprint density at radius 3 is 2.10 bits per heavy atom. The van der Waals surface area contributed by atoms with Crippen LogP contribution in [-0.4, -0.2) is 44.3 Å². The van der Waals surface area contributed by atoms with E-state index >= 15 is 0 Å². The van der Waals surface area contributed by atoms with Gasteiger partial charge in [-0.25, -0.2) is 8.42 Å². The van der Waals surface area contributed by atoms with Gasteiger partial charge in [0.05, 0.1) is 10.6 Å². The normalized spacial score (nSPS) is 12.1. The number of nitrogens with one attached hydrogen (secondary N) is 1. The highest BCUT2D eigenvalue weighted by molar-refractivity contribution is 7.92. The summed E-state index contributed by atoms with van der Waals surface area (Å²) in [5.74, 6) is -0.761. The van der Waals surface area contributed by atoms with Crippen LogP contribution in [0, 0.1) is 20.8 Å². The number of halogens is 1. The fraction of sp³-hybridized carbons (Fsp3) is 0.333. The number of anilines is 1. The number of likely N-dealkylation sites (N-methyl/N-ethyl adjacent to an activating group) is 1. The van der Waals surface area contributed by atoms with E-state index in [-0.39, 0.29) is 17.3 Å². The summed E-state index contributed by atoms with van der Waals surface area (Å²) >= 11 is 6.01. The molecule has 208 valence electrons. The summed E-state index contributed by atoms with van der Waals surface area (Å²) in [7, 11) is -4.14. The Morgan fingerprint density at radius 2 is 1.54 bits per heavy atom. The Morgan fingerprint density at radius 1 is 0.897 bits per heavy atom. The van der Waals surface area contributed by atoms with Crippen LogP contribution in [0.1, 0.15) is 42.5 Å². The molecule has 1 N–H and O–H groups in total. The zero-order chi connectivity index (χ0) is 28.7. The van der Waals surface area contributed by atoms with Crippen molar-refractivity contribution in [1.29, 1.82) is 0 Å². The van der Waals surface area contributed by atoms with Crippen molar-refractivity contribution in [2.24, 2.45) is 0 Å². The van der Waals surface area contributed by atoms with Crippen molar-refractivity contribution >= 4 is 39.1 Å². The minimum atomic E-state index is -4.14. The van der Waals surface area contributed by atoms with Gasteiger partial charge in [-0.05, 0) is 87.2 Å². The SMILES string of the molecule is CCNC(=O)C(CC)N(Cc1ccc(C)cc1)C(=O)CN(c1ccc(C)c(C)c1)S(=O)(=O)c1ccc(Cl)cc1. The molecular weight excluding hydrogens is 534 g/mol. The van der Waals surface area contributed by atoms with Gasteiger partial charge in [0, 0.05) is 18.1 Å². The number of carbonyl (C=O) groups excluding carboxylic acids is 2. The largest absolute Gasteiger partial charge is 0.355 e. The number of rotatable bonds is 11. The van der Waals surface area contributed by atoms with Gasteiger partial charge >= 0.3 is 0 Å². The third-order valence-electron chi connectivity index (χ3n) is 6.67. The summed E-state index contributed by atoms with van der Waals surface area (Å²) < 4.78 is 28.9. The third-order valence-corrected chi connectivity index (χ3v) is 8.71. The second-order valence-electron chi connectivity index (χ2n) is 9.56. The molecule has 3 aromatic rings. The summed E-state index contributed by atoms with van der Waals surface area (Å²) in [5, 5.41) is 3.21. The number of nitrogens with zero attached hydrogens (tertiary/aromatic N) is 2. The van der Waals surface area contributed by atoms with Crippen molar-refractivity contribution in [3.8, 4) is 0 Å². The molecule has 0 radical (unpaired) electrons. The number of hydrogen-bond acceptors (Lipinski definition) is 4. The van der Waals surface area contributed by atoms with Crippen LogP contribution in [0.2, 0.25) is 5.02 Å². The number of amides is 2. The van der Waals surface area contributed by atoms with Crippen molar-refractivity contribution < 1.29 is 18.0 Å². The molecule has 0 aliphatic rings. The van der Waals surface area contributed by atoms with Crippen molar-refractivity contribution in [3.63, 3.8) is 0 Å². The van der Waals surface area contributed by atoms with Gasteiger partial charge in [-0.15, -0.1) is 0 Å². The maximum absolute atomic E-state index is 14.0. The first kappa shape index (κ1) is 30.2. The topological polar surface area (TPSA) is 86.8 Å². The molecule has 0 aromatic heterocycles. The first-order valence-corrected chi connectivity index (χ1v) is 14.8. The summed E-state index contributed by atoms with van der Waals surface area (Å²) in [6, 6.07) is 18.0. The smallest absolute Gasteiger partial charge is 0.264 e. The number of carbonyl (C=O) groups is 2. The molecule has 0 fully saturated rings. The van der Waals surface area contributed by atoms with Gasteiger partial charge in [-0.2, -0.15) is 0 Å². The van der Waals surface area contributed by atoms with Gasteiger partial charge in [-0.1, -0.05) is 54.4 Å². The Bertz CT molecular complexity index is 1410. The first-order valence-electron chi connectivity index (χ1n) is 13.0. The Labute approximate surface area is 236 Å². The van der Waals surface area contributed by atoms with E-state index < -0.39 is 28.5 Å². The van der Waals surface area contributed by atoms with E-state index in [4.69, 9.17) is 11.6 Å². The van der Waals surface area contributed by atoms with E-state index in [2.05, 4.69) is 5.32 Å². The summed E-state index contributed by atoms with van der Waals surface area (Å²) in [6.45, 7) is 9.55. The van der Waals surface area contributed by atoms with E-state index in [1.165, 1.54) is 29.2 Å². The Balaban J connectivity index is 2.08. The maximum atomic E-state index is 14.0. The zero-order valence-electron chi connectivity index (χ0n) is 23.1. The average Bonchev–Trinajstić information content (AvgIpc) is 2.90. The Kier molecular flexibility index (Phi) is 10.2. The molecule has 1 atom stereocenters. The van der Waals surface area contributed by atoms with Crippen LogP contribution >= 0.6 is 11.6 Å². The molecule has 9 heteroatoms. The van der Waals surface area contributed by atoms with Gasteiger partial charge in [0.2, 0.25) is 11.8 Å². The standard InChI is InChI=1S/C30H36ClN3O4S/c1-6-28(30(36)32-7-2)33(19-24-11-8-21(3)9-12-24)29(35)20-34(26-15-10-22(4)23(5)18-26)39(37,38)27-16-13-25(31)14-17-27/h8-18,28H,6-7,19-20H2,1-5H3,(H,32,36). The fourth-order valence-electron chi connectivity index (χ4n) is 4.24. The highest BCUT2D eigenvalue weighted by Crippen LogP contribution is 2.27. The number of benzene rings is 3. The zero-order valence-corrected chi connectivity index (χ0v) is 24.6. The summed E-state index contributed by atoms with van der Waals surface area (Å²) in [4.78, 5) is 28.5. The molecule has 0 aliphatic carbocycles. The van der Waals surface area contributed by atoms with E-state index in [1.54, 1.807) is 12.1 Å². The lowest BCUT2D eigenvalue weighted by Gasteiger charge is -2.33. The summed E-state index contributed by atoms with van der Waals surface area (Å²) in [6.07, 6.45) is 0.372. The second-order valence-corrected chi connectivity index (χ2v) is 11.9. The van der Waals surface area contributed by atoms with Gasteiger partial charge in [0.1, 0.15) is 12.6 Å². The molecular formula is C30H36ClN3O4S. The molecule has 0 heterocycles. The molecule has 0 saturated carbocycles. The predicted octanol–water partition coefficient (Wildman–Crippen LogP) is 5.40. The van der Waals surface area contributed by atoms with Crippen LogP contribution in [0.15, 0.2) is 71.6 Å². The Hall–Kier alpha value is -3.36. The van der Waals surface area contributed by atoms with Gasteiger partial charge in [-0.3, -0.25) is 13.9 Å². The molecule has 7 nitrogen and oxygen atoms in total. The van der Waals surface area contributed by atoms with E-state index in [9.17, 15) is 18.0 Å². The molecule has 3 aromatic carbocycles. The highest BCUT2D eigenvalue weighted by Gasteiger charge is 2.33. The molecule has 2 amide bonds. The van der Waals surface area contributed by atoms with Crippen molar-refractivity contribution in [2.45, 2.75) is 58.5 Å². The van der Waals surface area contributed by atoms with Crippen molar-refractivity contribution in [2.75, 3.05) is 17.4 Å². The molecule has 39 heavy (non-hydrogen) atoms. The van der Waals surface area contributed by atoms with E-state index in [0.717, 1.165) is 26.6 Å². The predicted molar refractivity (Wildman–Crippen MR) is 156 cm³/mol. The lowest BCUT2D eigenvalue weighted by molar-refractivity contribution is -0.140. The summed E-state index contributed by atoms with van der Waals surface area (Å²) in [5.41, 5.74) is 4.17. The second kappa shape index (κ2) is 13.1. The van der Waals surface area contributed by atoms with Crippen molar-refractivity contribution in [1.82, 2.24) is 10.2 Å². The van der Waals surface area contributed by atoms with Crippen LogP contribution in [0.25, 0.3) is 0 Å². The third kappa shape index (κ3) is 7.40. The maximum Gasteiger partial charge on any atom is 0.264 e. The van der Waals surface area contributed by atoms with Gasteiger partial charge < -0.3 is 10.2 Å². The van der Waals surface area contributed by atoms with Crippen LogP contribution in [0.5, 0.6) is 0 Å². The molecule has 0 spiro atoms.